The largest absolute Gasteiger partial charge is 0.215 e. The van der Waals surface area contributed by atoms with Gasteiger partial charge in [-0.15, -0.1) is 0 Å². The summed E-state index contributed by atoms with van der Waals surface area (Å²) in [6, 6.07) is 1.84. The highest BCUT2D eigenvalue weighted by molar-refractivity contribution is 5.64. The van der Waals surface area contributed by atoms with E-state index in [0.29, 0.717) is 0 Å². The summed E-state index contributed by atoms with van der Waals surface area (Å²) in [5.41, 5.74) is -2.41. The summed E-state index contributed by atoms with van der Waals surface area (Å²) >= 11 is 0. The molecule has 1 nitrogen and oxygen atoms in total. The molecule has 1 aromatic heterocycles. The van der Waals surface area contributed by atoms with Gasteiger partial charge in [0.1, 0.15) is 18.7 Å². The van der Waals surface area contributed by atoms with E-state index in [1.165, 1.54) is 18.5 Å². The lowest BCUT2D eigenvalue weighted by molar-refractivity contribution is -0.660. The van der Waals surface area contributed by atoms with Crippen LogP contribution in [0.4, 0.5) is 8.78 Å². The smallest absolute Gasteiger partial charge is 0.207 e. The summed E-state index contributed by atoms with van der Waals surface area (Å²) in [6.07, 6.45) is 1.04. The topological polar surface area (TPSA) is 3.88 Å². The molecule has 0 aliphatic rings. The molecule has 1 heterocycles. The molecule has 1 aromatic carbocycles. The van der Waals surface area contributed by atoms with E-state index in [9.17, 15) is 4.39 Å². The zero-order valence-electron chi connectivity index (χ0n) is 19.4. The first-order valence-corrected chi connectivity index (χ1v) is 5.50. The molecular formula is C16H18F2N+. The van der Waals surface area contributed by atoms with Crippen molar-refractivity contribution in [1.82, 2.24) is 0 Å². The average Bonchev–Trinajstić information content (AvgIpc) is 2.44. The molecule has 0 fully saturated rings. The molecule has 0 bridgehead atoms. The van der Waals surface area contributed by atoms with Crippen LogP contribution >= 0.6 is 0 Å². The van der Waals surface area contributed by atoms with Crippen LogP contribution in [0.2, 0.25) is 0 Å². The zero-order chi connectivity index (χ0) is 21.8. The second-order valence-corrected chi connectivity index (χ2v) is 4.34. The molecule has 0 atom stereocenters. The van der Waals surface area contributed by atoms with Gasteiger partial charge in [0.25, 0.3) is 0 Å². The number of hydrogen-bond donors (Lipinski definition) is 0. The second kappa shape index (κ2) is 4.72. The summed E-state index contributed by atoms with van der Waals surface area (Å²) in [5.74, 6) is -2.58. The fraction of sp³-hybridized carbons (Fsp3) is 0.312. The molecule has 0 saturated carbocycles. The van der Waals surface area contributed by atoms with Gasteiger partial charge in [-0.2, -0.15) is 0 Å². The molecular weight excluding hydrogens is 244 g/mol. The minimum Gasteiger partial charge on any atom is -0.207 e. The number of nitrogens with zero attached hydrogens (tertiary/aromatic N) is 1. The Bertz CT molecular complexity index is 928. The predicted molar refractivity (Wildman–Crippen MR) is 71.9 cm³/mol. The Balaban J connectivity index is 2.95. The molecule has 19 heavy (non-hydrogen) atoms. The molecule has 2 rings (SSSR count). The second-order valence-electron chi connectivity index (χ2n) is 4.34. The lowest BCUT2D eigenvalue weighted by Crippen LogP contribution is -2.32. The van der Waals surface area contributed by atoms with E-state index >= 15 is 4.39 Å². The van der Waals surface area contributed by atoms with Crippen molar-refractivity contribution >= 4 is 0 Å². The monoisotopic (exact) mass is 271 g/mol. The van der Waals surface area contributed by atoms with Crippen molar-refractivity contribution in [2.75, 3.05) is 0 Å². The maximum atomic E-state index is 15.1. The number of rotatable bonds is 1. The fourth-order valence-electron chi connectivity index (χ4n) is 1.95. The predicted octanol–water partition coefficient (Wildman–Crippen LogP) is 3.69. The van der Waals surface area contributed by atoms with Crippen molar-refractivity contribution in [2.45, 2.75) is 27.5 Å². The van der Waals surface area contributed by atoms with Crippen molar-refractivity contribution in [2.24, 2.45) is 7.05 Å². The van der Waals surface area contributed by atoms with Gasteiger partial charge in [0, 0.05) is 29.5 Å². The van der Waals surface area contributed by atoms with Crippen LogP contribution < -0.4 is 4.57 Å². The first-order valence-electron chi connectivity index (χ1n) is 10.0. The van der Waals surface area contributed by atoms with Crippen LogP contribution in [0.5, 0.6) is 0 Å². The fourth-order valence-corrected chi connectivity index (χ4v) is 1.95. The third-order valence-electron chi connectivity index (χ3n) is 2.95. The normalized spacial score (nSPS) is 19.9. The van der Waals surface area contributed by atoms with Crippen LogP contribution in [-0.4, -0.2) is 0 Å². The van der Waals surface area contributed by atoms with Gasteiger partial charge in [0.2, 0.25) is 5.69 Å². The molecule has 0 aliphatic carbocycles. The van der Waals surface area contributed by atoms with E-state index in [2.05, 4.69) is 0 Å². The van der Waals surface area contributed by atoms with E-state index in [1.54, 1.807) is 0 Å². The van der Waals surface area contributed by atoms with Crippen LogP contribution in [0.25, 0.3) is 11.3 Å². The van der Waals surface area contributed by atoms with E-state index in [-0.39, 0.29) is 16.8 Å². The van der Waals surface area contributed by atoms with Crippen molar-refractivity contribution in [1.29, 1.82) is 0 Å². The van der Waals surface area contributed by atoms with Crippen molar-refractivity contribution in [3.8, 4) is 11.3 Å². The maximum Gasteiger partial charge on any atom is 0.215 e. The SMILES string of the molecule is [2H]C([2H])([2H])c1cc(-c2c(C)cc(F)c(C([2H])([2H])[2H])c2F)[n+](C)cc1C([2H])([2H])[2H]. The van der Waals surface area contributed by atoms with Crippen LogP contribution in [0.15, 0.2) is 18.3 Å². The van der Waals surface area contributed by atoms with E-state index in [1.807, 2.05) is 0 Å². The molecule has 2 aromatic rings. The molecule has 0 radical (unpaired) electrons. The highest BCUT2D eigenvalue weighted by Gasteiger charge is 2.22. The Morgan fingerprint density at radius 3 is 2.42 bits per heavy atom. The Hall–Kier alpha value is -1.77. The van der Waals surface area contributed by atoms with E-state index in [0.717, 1.165) is 18.3 Å². The van der Waals surface area contributed by atoms with Gasteiger partial charge in [0.05, 0.1) is 5.56 Å². The number of hydrogen-bond acceptors (Lipinski definition) is 0. The van der Waals surface area contributed by atoms with Gasteiger partial charge < -0.3 is 0 Å². The van der Waals surface area contributed by atoms with Gasteiger partial charge in [-0.3, -0.25) is 0 Å². The van der Waals surface area contributed by atoms with Crippen LogP contribution in [0, 0.1) is 39.1 Å². The molecule has 0 spiro atoms. The minimum atomic E-state index is -3.07. The molecule has 3 heteroatoms. The van der Waals surface area contributed by atoms with Gasteiger partial charge in [-0.1, -0.05) is 0 Å². The van der Waals surface area contributed by atoms with Gasteiger partial charge in [-0.05, 0) is 44.7 Å². The first kappa shape index (κ1) is 6.12. The quantitative estimate of drug-likeness (QED) is 0.696. The van der Waals surface area contributed by atoms with Crippen LogP contribution in [0.1, 0.15) is 34.6 Å². The first-order chi connectivity index (χ1) is 12.5. The number of aryl methyl sites for hydroxylation is 4. The molecule has 0 amide bonds. The van der Waals surface area contributed by atoms with Gasteiger partial charge in [0.15, 0.2) is 6.20 Å². The molecule has 0 saturated heterocycles. The standard InChI is InChI=1S/C16H18F2N/c1-9-7-14(19(5)8-11(9)3)15-10(2)6-13(17)12(4)16(15)18/h6-8H,1-5H3/q+1/i1D3,3D3,4D3. The van der Waals surface area contributed by atoms with Crippen molar-refractivity contribution in [3.63, 3.8) is 0 Å². The number of halogens is 2. The third kappa shape index (κ3) is 2.25. The summed E-state index contributed by atoms with van der Waals surface area (Å²) in [5, 5.41) is 0. The molecule has 0 N–H and O–H groups in total. The summed E-state index contributed by atoms with van der Waals surface area (Å²) in [4.78, 5) is 0. The van der Waals surface area contributed by atoms with E-state index in [4.69, 9.17) is 12.3 Å². The Morgan fingerprint density at radius 2 is 1.79 bits per heavy atom. The van der Waals surface area contributed by atoms with Crippen molar-refractivity contribution < 1.29 is 25.7 Å². The molecule has 0 unspecified atom stereocenters. The Labute approximate surface area is 125 Å². The lowest BCUT2D eigenvalue weighted by atomic mass is 9.98. The molecule has 100 valence electrons. The zero-order valence-corrected chi connectivity index (χ0v) is 10.4. The number of pyridine rings is 1. The number of benzene rings is 1. The van der Waals surface area contributed by atoms with Crippen LogP contribution in [0.3, 0.4) is 0 Å². The Morgan fingerprint density at radius 1 is 1.05 bits per heavy atom. The van der Waals surface area contributed by atoms with E-state index < -0.39 is 48.9 Å². The Kier molecular flexibility index (Phi) is 1.52. The minimum absolute atomic E-state index is 0.0386. The molecule has 0 aliphatic heterocycles. The summed E-state index contributed by atoms with van der Waals surface area (Å²) in [6.45, 7) is -7.28. The summed E-state index contributed by atoms with van der Waals surface area (Å²) in [7, 11) is 1.37. The summed E-state index contributed by atoms with van der Waals surface area (Å²) < 4.78 is 98.1. The lowest BCUT2D eigenvalue weighted by Gasteiger charge is -2.10. The number of aromatic nitrogens is 1. The highest BCUT2D eigenvalue weighted by atomic mass is 19.1. The third-order valence-corrected chi connectivity index (χ3v) is 2.95. The van der Waals surface area contributed by atoms with Crippen LogP contribution in [-0.2, 0) is 7.05 Å². The van der Waals surface area contributed by atoms with Gasteiger partial charge in [-0.25, -0.2) is 13.3 Å². The average molecular weight is 271 g/mol. The highest BCUT2D eigenvalue weighted by Crippen LogP contribution is 2.28. The maximum absolute atomic E-state index is 15.1. The van der Waals surface area contributed by atoms with Crippen molar-refractivity contribution in [3.05, 3.63) is 52.2 Å². The van der Waals surface area contributed by atoms with Gasteiger partial charge >= 0.3 is 0 Å².